The van der Waals surface area contributed by atoms with E-state index in [2.05, 4.69) is 27.3 Å². The molecule has 2 N–H and O–H groups in total. The largest absolute Gasteiger partial charge is 0.393 e. The maximum atomic E-state index is 9.43. The standard InChI is InChI=1S/C12H17BrClNOS/c13-11-5-10(17-12(11)14)7-15-6-8-1-3-9(16)4-2-8/h5,8-9,15-16H,1-4,6-7H2. The van der Waals surface area contributed by atoms with E-state index in [1.54, 1.807) is 11.3 Å². The number of halogens is 2. The summed E-state index contributed by atoms with van der Waals surface area (Å²) in [7, 11) is 0. The Morgan fingerprint density at radius 2 is 2.12 bits per heavy atom. The fraction of sp³-hybridized carbons (Fsp3) is 0.667. The molecule has 1 aliphatic carbocycles. The van der Waals surface area contributed by atoms with Gasteiger partial charge in [-0.05, 0) is 60.1 Å². The van der Waals surface area contributed by atoms with Crippen LogP contribution in [0.2, 0.25) is 4.34 Å². The maximum Gasteiger partial charge on any atom is 0.107 e. The van der Waals surface area contributed by atoms with E-state index in [0.717, 1.165) is 53.5 Å². The lowest BCUT2D eigenvalue weighted by molar-refractivity contribution is 0.108. The van der Waals surface area contributed by atoms with Gasteiger partial charge in [-0.25, -0.2) is 0 Å². The Balaban J connectivity index is 1.69. The van der Waals surface area contributed by atoms with Crippen molar-refractivity contribution in [1.82, 2.24) is 5.32 Å². The van der Waals surface area contributed by atoms with Gasteiger partial charge in [-0.3, -0.25) is 0 Å². The second kappa shape index (κ2) is 6.53. The van der Waals surface area contributed by atoms with Crippen molar-refractivity contribution in [2.24, 2.45) is 5.92 Å². The van der Waals surface area contributed by atoms with Crippen LogP contribution in [-0.4, -0.2) is 17.8 Å². The summed E-state index contributed by atoms with van der Waals surface area (Å²) >= 11 is 11.0. The van der Waals surface area contributed by atoms with Gasteiger partial charge in [-0.1, -0.05) is 11.6 Å². The quantitative estimate of drug-likeness (QED) is 0.875. The van der Waals surface area contributed by atoms with E-state index in [1.807, 2.05) is 0 Å². The molecule has 0 aromatic carbocycles. The topological polar surface area (TPSA) is 32.3 Å². The van der Waals surface area contributed by atoms with Crippen LogP contribution in [0, 0.1) is 5.92 Å². The van der Waals surface area contributed by atoms with Gasteiger partial charge >= 0.3 is 0 Å². The summed E-state index contributed by atoms with van der Waals surface area (Å²) in [5.74, 6) is 0.720. The van der Waals surface area contributed by atoms with E-state index < -0.39 is 0 Å². The van der Waals surface area contributed by atoms with Gasteiger partial charge in [0, 0.05) is 15.9 Å². The molecule has 0 atom stereocenters. The third kappa shape index (κ3) is 4.21. The molecule has 0 radical (unpaired) electrons. The highest BCUT2D eigenvalue weighted by Gasteiger charge is 2.18. The molecule has 0 aliphatic heterocycles. The fourth-order valence-electron chi connectivity index (χ4n) is 2.23. The van der Waals surface area contributed by atoms with Crippen molar-refractivity contribution in [3.05, 3.63) is 19.8 Å². The second-order valence-electron chi connectivity index (χ2n) is 4.64. The molecule has 17 heavy (non-hydrogen) atoms. The highest BCUT2D eigenvalue weighted by Crippen LogP contribution is 2.32. The lowest BCUT2D eigenvalue weighted by Crippen LogP contribution is -2.27. The van der Waals surface area contributed by atoms with Gasteiger partial charge in [0.15, 0.2) is 0 Å². The molecular weight excluding hydrogens is 322 g/mol. The van der Waals surface area contributed by atoms with Gasteiger partial charge in [0.25, 0.3) is 0 Å². The normalized spacial score (nSPS) is 25.1. The zero-order chi connectivity index (χ0) is 12.3. The zero-order valence-electron chi connectivity index (χ0n) is 9.59. The Kier molecular flexibility index (Phi) is 5.30. The first-order valence-corrected chi connectivity index (χ1v) is 7.96. The Bertz CT molecular complexity index is 344. The Morgan fingerprint density at radius 1 is 1.41 bits per heavy atom. The first-order valence-electron chi connectivity index (χ1n) is 5.97. The van der Waals surface area contributed by atoms with Crippen LogP contribution in [0.4, 0.5) is 0 Å². The number of aliphatic hydroxyl groups excluding tert-OH is 1. The molecule has 0 amide bonds. The average molecular weight is 339 g/mol. The summed E-state index contributed by atoms with van der Waals surface area (Å²) in [5, 5.41) is 12.9. The Hall–Kier alpha value is 0.390. The summed E-state index contributed by atoms with van der Waals surface area (Å²) < 4.78 is 1.81. The summed E-state index contributed by atoms with van der Waals surface area (Å²) in [6, 6.07) is 2.07. The monoisotopic (exact) mass is 337 g/mol. The van der Waals surface area contributed by atoms with Crippen LogP contribution in [0.25, 0.3) is 0 Å². The lowest BCUT2D eigenvalue weighted by atomic mass is 9.87. The molecular formula is C12H17BrClNOS. The minimum absolute atomic E-state index is 0.0571. The molecule has 2 nitrogen and oxygen atoms in total. The number of hydrogen-bond acceptors (Lipinski definition) is 3. The molecule has 1 aromatic heterocycles. The number of aliphatic hydroxyl groups is 1. The molecule has 0 spiro atoms. The highest BCUT2D eigenvalue weighted by atomic mass is 79.9. The molecule has 0 saturated heterocycles. The average Bonchev–Trinajstić information content (AvgIpc) is 2.61. The molecule has 1 aliphatic rings. The van der Waals surface area contributed by atoms with Crippen molar-refractivity contribution >= 4 is 38.9 Å². The van der Waals surface area contributed by atoms with E-state index in [-0.39, 0.29) is 6.10 Å². The van der Waals surface area contributed by atoms with Crippen LogP contribution < -0.4 is 5.32 Å². The zero-order valence-corrected chi connectivity index (χ0v) is 12.7. The van der Waals surface area contributed by atoms with Crippen molar-refractivity contribution in [1.29, 1.82) is 0 Å². The van der Waals surface area contributed by atoms with Gasteiger partial charge in [0.05, 0.1) is 6.10 Å². The van der Waals surface area contributed by atoms with Gasteiger partial charge in [-0.15, -0.1) is 11.3 Å². The predicted molar refractivity (Wildman–Crippen MR) is 76.7 cm³/mol. The smallest absolute Gasteiger partial charge is 0.107 e. The van der Waals surface area contributed by atoms with E-state index in [0.29, 0.717) is 0 Å². The van der Waals surface area contributed by atoms with Crippen molar-refractivity contribution in [3.8, 4) is 0 Å². The van der Waals surface area contributed by atoms with Gasteiger partial charge in [0.2, 0.25) is 0 Å². The van der Waals surface area contributed by atoms with Crippen molar-refractivity contribution in [2.45, 2.75) is 38.3 Å². The van der Waals surface area contributed by atoms with E-state index in [1.165, 1.54) is 4.88 Å². The molecule has 1 saturated carbocycles. The molecule has 1 fully saturated rings. The molecule has 5 heteroatoms. The molecule has 2 rings (SSSR count). The third-order valence-corrected chi connectivity index (χ3v) is 5.72. The van der Waals surface area contributed by atoms with Crippen molar-refractivity contribution in [3.63, 3.8) is 0 Å². The Labute approximate surface area is 120 Å². The third-order valence-electron chi connectivity index (χ3n) is 3.24. The highest BCUT2D eigenvalue weighted by molar-refractivity contribution is 9.10. The van der Waals surface area contributed by atoms with E-state index >= 15 is 0 Å². The van der Waals surface area contributed by atoms with Gasteiger partial charge in [0.1, 0.15) is 4.34 Å². The van der Waals surface area contributed by atoms with Crippen LogP contribution in [0.3, 0.4) is 0 Å². The van der Waals surface area contributed by atoms with Crippen LogP contribution in [0.1, 0.15) is 30.6 Å². The van der Waals surface area contributed by atoms with Gasteiger partial charge in [-0.2, -0.15) is 0 Å². The van der Waals surface area contributed by atoms with Gasteiger partial charge < -0.3 is 10.4 Å². The van der Waals surface area contributed by atoms with Crippen LogP contribution in [-0.2, 0) is 6.54 Å². The summed E-state index contributed by atoms with van der Waals surface area (Å²) in [6.07, 6.45) is 4.15. The first kappa shape index (κ1) is 13.8. The lowest BCUT2D eigenvalue weighted by Gasteiger charge is -2.25. The maximum absolute atomic E-state index is 9.43. The SMILES string of the molecule is OC1CCC(CNCc2cc(Br)c(Cl)s2)CC1. The Morgan fingerprint density at radius 3 is 2.71 bits per heavy atom. The second-order valence-corrected chi connectivity index (χ2v) is 7.23. The van der Waals surface area contributed by atoms with Crippen molar-refractivity contribution < 1.29 is 5.11 Å². The fourth-order valence-corrected chi connectivity index (χ4v) is 3.99. The van der Waals surface area contributed by atoms with Crippen LogP contribution >= 0.6 is 38.9 Å². The molecule has 0 bridgehead atoms. The number of thiophene rings is 1. The van der Waals surface area contributed by atoms with Crippen LogP contribution in [0.15, 0.2) is 10.5 Å². The minimum atomic E-state index is -0.0571. The van der Waals surface area contributed by atoms with Crippen molar-refractivity contribution in [2.75, 3.05) is 6.54 Å². The summed E-state index contributed by atoms with van der Waals surface area (Å²) in [5.41, 5.74) is 0. The first-order chi connectivity index (χ1) is 8.15. The number of rotatable bonds is 4. The van der Waals surface area contributed by atoms with E-state index in [4.69, 9.17) is 11.6 Å². The minimum Gasteiger partial charge on any atom is -0.393 e. The molecule has 0 unspecified atom stereocenters. The summed E-state index contributed by atoms with van der Waals surface area (Å²) in [6.45, 7) is 1.93. The molecule has 1 aromatic rings. The van der Waals surface area contributed by atoms with Crippen LogP contribution in [0.5, 0.6) is 0 Å². The molecule has 96 valence electrons. The number of hydrogen-bond donors (Lipinski definition) is 2. The summed E-state index contributed by atoms with van der Waals surface area (Å²) in [4.78, 5) is 1.26. The van der Waals surface area contributed by atoms with E-state index in [9.17, 15) is 5.11 Å². The predicted octanol–water partition coefficient (Wildman–Crippen LogP) is 3.80. The molecule has 1 heterocycles. The number of nitrogens with one attached hydrogen (secondary N) is 1.